The highest BCUT2D eigenvalue weighted by atomic mass is 32.1. The van der Waals surface area contributed by atoms with E-state index in [1.54, 1.807) is 34.5 Å². The van der Waals surface area contributed by atoms with Gasteiger partial charge in [-0.15, -0.1) is 11.3 Å². The van der Waals surface area contributed by atoms with Gasteiger partial charge in [0.1, 0.15) is 0 Å². The topological polar surface area (TPSA) is 85.8 Å². The molecule has 6 nitrogen and oxygen atoms in total. The Hall–Kier alpha value is -2.51. The summed E-state index contributed by atoms with van der Waals surface area (Å²) in [4.78, 5) is 18.5. The van der Waals surface area contributed by atoms with E-state index in [1.165, 1.54) is 0 Å². The summed E-state index contributed by atoms with van der Waals surface area (Å²) in [5.74, 6) is -0.244. The van der Waals surface area contributed by atoms with Crippen molar-refractivity contribution in [2.75, 3.05) is 5.32 Å². The predicted molar refractivity (Wildman–Crippen MR) is 100 cm³/mol. The Labute approximate surface area is 150 Å². The molecule has 3 N–H and O–H groups in total. The molecular weight excluding hydrogens is 334 g/mol. The maximum absolute atomic E-state index is 12.3. The van der Waals surface area contributed by atoms with Crippen LogP contribution in [0.15, 0.2) is 49.1 Å². The predicted octanol–water partition coefficient (Wildman–Crippen LogP) is 3.21. The van der Waals surface area contributed by atoms with Crippen molar-refractivity contribution in [3.8, 4) is 10.4 Å². The molecule has 1 amide bonds. The van der Waals surface area contributed by atoms with Crippen molar-refractivity contribution < 1.29 is 4.79 Å². The van der Waals surface area contributed by atoms with Gasteiger partial charge < -0.3 is 11.1 Å². The van der Waals surface area contributed by atoms with Crippen LogP contribution in [0.25, 0.3) is 10.4 Å². The summed E-state index contributed by atoms with van der Waals surface area (Å²) in [6.07, 6.45) is 7.70. The number of thiophene rings is 1. The van der Waals surface area contributed by atoms with Crippen molar-refractivity contribution in [2.24, 2.45) is 18.7 Å². The average Bonchev–Trinajstić information content (AvgIpc) is 3.24. The molecule has 3 heterocycles. The third-order valence-corrected chi connectivity index (χ3v) is 5.23. The summed E-state index contributed by atoms with van der Waals surface area (Å²) < 4.78 is 1.78. The molecule has 0 saturated carbocycles. The third kappa shape index (κ3) is 4.32. The largest absolute Gasteiger partial charge is 0.324 e. The molecule has 2 atom stereocenters. The van der Waals surface area contributed by atoms with Gasteiger partial charge in [0.15, 0.2) is 0 Å². The quantitative estimate of drug-likeness (QED) is 0.711. The monoisotopic (exact) mass is 355 g/mol. The van der Waals surface area contributed by atoms with E-state index in [9.17, 15) is 4.79 Å². The number of hydrogen-bond acceptors (Lipinski definition) is 5. The first-order valence-electron chi connectivity index (χ1n) is 8.08. The number of amides is 1. The molecular formula is C18H21N5OS. The van der Waals surface area contributed by atoms with Gasteiger partial charge in [0.05, 0.1) is 18.1 Å². The van der Waals surface area contributed by atoms with Crippen LogP contribution in [0.1, 0.15) is 24.3 Å². The zero-order valence-corrected chi connectivity index (χ0v) is 15.0. The fourth-order valence-corrected chi connectivity index (χ4v) is 3.56. The maximum Gasteiger partial charge on any atom is 0.227 e. The van der Waals surface area contributed by atoms with Crippen LogP contribution in [0.5, 0.6) is 0 Å². The van der Waals surface area contributed by atoms with Crippen LogP contribution in [-0.4, -0.2) is 20.7 Å². The Morgan fingerprint density at radius 2 is 2.20 bits per heavy atom. The summed E-state index contributed by atoms with van der Waals surface area (Å²) in [6, 6.07) is 7.51. The van der Waals surface area contributed by atoms with Crippen LogP contribution in [0.3, 0.4) is 0 Å². The van der Waals surface area contributed by atoms with E-state index in [4.69, 9.17) is 5.73 Å². The van der Waals surface area contributed by atoms with Gasteiger partial charge in [-0.25, -0.2) is 0 Å². The van der Waals surface area contributed by atoms with E-state index in [0.29, 0.717) is 12.1 Å². The minimum absolute atomic E-state index is 0.0486. The third-order valence-electron chi connectivity index (χ3n) is 3.97. The maximum atomic E-state index is 12.3. The smallest absolute Gasteiger partial charge is 0.227 e. The standard InChI is InChI=1S/C18H21N5OS/c1-12(18(24)22-14-4-3-7-20-10-14)8-15(19)17-6-5-16(25-17)13-9-21-23(2)11-13/h3-7,9-12,15H,8,19H2,1-2H3,(H,22,24). The molecule has 0 fully saturated rings. The molecule has 3 aromatic rings. The van der Waals surface area contributed by atoms with Gasteiger partial charge in [-0.1, -0.05) is 6.92 Å². The molecule has 0 aromatic carbocycles. The normalized spacial score (nSPS) is 13.4. The number of rotatable bonds is 6. The summed E-state index contributed by atoms with van der Waals surface area (Å²) in [7, 11) is 1.90. The van der Waals surface area contributed by atoms with Gasteiger partial charge in [0.25, 0.3) is 0 Å². The van der Waals surface area contributed by atoms with E-state index < -0.39 is 0 Å². The van der Waals surface area contributed by atoms with E-state index in [0.717, 1.165) is 15.3 Å². The van der Waals surface area contributed by atoms with Crippen molar-refractivity contribution in [3.05, 3.63) is 53.9 Å². The number of hydrogen-bond donors (Lipinski definition) is 2. The lowest BCUT2D eigenvalue weighted by Gasteiger charge is -2.16. The lowest BCUT2D eigenvalue weighted by atomic mass is 10.0. The molecule has 0 saturated heterocycles. The average molecular weight is 355 g/mol. The fourth-order valence-electron chi connectivity index (χ4n) is 2.56. The number of carbonyl (C=O) groups is 1. The van der Waals surface area contributed by atoms with Crippen LogP contribution < -0.4 is 11.1 Å². The molecule has 25 heavy (non-hydrogen) atoms. The molecule has 2 unspecified atom stereocenters. The van der Waals surface area contributed by atoms with Gasteiger partial charge in [-0.05, 0) is 30.7 Å². The Balaban J connectivity index is 1.60. The molecule has 0 aliphatic carbocycles. The summed E-state index contributed by atoms with van der Waals surface area (Å²) in [6.45, 7) is 1.89. The van der Waals surface area contributed by atoms with Crippen molar-refractivity contribution in [1.29, 1.82) is 0 Å². The van der Waals surface area contributed by atoms with E-state index >= 15 is 0 Å². The van der Waals surface area contributed by atoms with Crippen molar-refractivity contribution in [1.82, 2.24) is 14.8 Å². The fraction of sp³-hybridized carbons (Fsp3) is 0.278. The Morgan fingerprint density at radius 1 is 1.36 bits per heavy atom. The number of pyridine rings is 1. The molecule has 3 aromatic heterocycles. The zero-order chi connectivity index (χ0) is 17.8. The SMILES string of the molecule is CC(CC(N)c1ccc(-c2cnn(C)c2)s1)C(=O)Nc1cccnc1. The minimum Gasteiger partial charge on any atom is -0.324 e. The number of anilines is 1. The second kappa shape index (κ2) is 7.58. The zero-order valence-electron chi connectivity index (χ0n) is 14.2. The minimum atomic E-state index is -0.195. The number of nitrogens with zero attached hydrogens (tertiary/aromatic N) is 3. The van der Waals surface area contributed by atoms with Crippen LogP contribution in [0, 0.1) is 5.92 Å². The van der Waals surface area contributed by atoms with E-state index in [-0.39, 0.29) is 17.9 Å². The number of nitrogens with one attached hydrogen (secondary N) is 1. The molecule has 7 heteroatoms. The highest BCUT2D eigenvalue weighted by Crippen LogP contribution is 2.32. The second-order valence-electron chi connectivity index (χ2n) is 6.08. The van der Waals surface area contributed by atoms with Gasteiger partial charge >= 0.3 is 0 Å². The van der Waals surface area contributed by atoms with E-state index in [1.807, 2.05) is 38.5 Å². The molecule has 0 spiro atoms. The van der Waals surface area contributed by atoms with Crippen LogP contribution in [-0.2, 0) is 11.8 Å². The lowest BCUT2D eigenvalue weighted by Crippen LogP contribution is -2.24. The van der Waals surface area contributed by atoms with Gasteiger partial charge in [0, 0.05) is 46.7 Å². The number of aryl methyl sites for hydroxylation is 1. The van der Waals surface area contributed by atoms with Crippen molar-refractivity contribution >= 4 is 22.9 Å². The highest BCUT2D eigenvalue weighted by molar-refractivity contribution is 7.15. The first kappa shape index (κ1) is 17.3. The van der Waals surface area contributed by atoms with Crippen LogP contribution >= 0.6 is 11.3 Å². The Morgan fingerprint density at radius 3 is 2.88 bits per heavy atom. The summed E-state index contributed by atoms with van der Waals surface area (Å²) >= 11 is 1.65. The van der Waals surface area contributed by atoms with Crippen molar-refractivity contribution in [3.63, 3.8) is 0 Å². The molecule has 3 rings (SSSR count). The number of nitrogens with two attached hydrogens (primary N) is 1. The molecule has 0 bridgehead atoms. The Kier molecular flexibility index (Phi) is 5.25. The number of carbonyl (C=O) groups excluding carboxylic acids is 1. The summed E-state index contributed by atoms with van der Waals surface area (Å²) in [5.41, 5.74) is 8.10. The number of aromatic nitrogens is 3. The van der Waals surface area contributed by atoms with Gasteiger partial charge in [-0.2, -0.15) is 5.10 Å². The molecule has 0 aliphatic heterocycles. The molecule has 0 aliphatic rings. The first-order chi connectivity index (χ1) is 12.0. The molecule has 0 radical (unpaired) electrons. The van der Waals surface area contributed by atoms with Crippen LogP contribution in [0.2, 0.25) is 0 Å². The highest BCUT2D eigenvalue weighted by Gasteiger charge is 2.19. The van der Waals surface area contributed by atoms with Crippen molar-refractivity contribution in [2.45, 2.75) is 19.4 Å². The first-order valence-corrected chi connectivity index (χ1v) is 8.90. The van der Waals surface area contributed by atoms with Gasteiger partial charge in [-0.3, -0.25) is 14.5 Å². The molecule has 130 valence electrons. The van der Waals surface area contributed by atoms with Crippen LogP contribution in [0.4, 0.5) is 5.69 Å². The summed E-state index contributed by atoms with van der Waals surface area (Å²) in [5, 5.41) is 7.06. The van der Waals surface area contributed by atoms with Gasteiger partial charge in [0.2, 0.25) is 5.91 Å². The lowest BCUT2D eigenvalue weighted by molar-refractivity contribution is -0.119. The Bertz CT molecular complexity index is 842. The van der Waals surface area contributed by atoms with E-state index in [2.05, 4.69) is 21.5 Å². The second-order valence-corrected chi connectivity index (χ2v) is 7.19.